The second-order valence-corrected chi connectivity index (χ2v) is 8.64. The Balaban J connectivity index is 1.79. The molecule has 1 aromatic heterocycles. The molecule has 1 aromatic carbocycles. The van der Waals surface area contributed by atoms with Crippen LogP contribution in [-0.2, 0) is 32.6 Å². The lowest BCUT2D eigenvalue weighted by atomic mass is 10.0. The zero-order valence-corrected chi connectivity index (χ0v) is 20.2. The fourth-order valence-electron chi connectivity index (χ4n) is 4.05. The summed E-state index contributed by atoms with van der Waals surface area (Å²) >= 11 is 0. The number of likely N-dealkylation sites (N-methyl/N-ethyl adjacent to an activating group) is 1. The molecule has 2 heterocycles. The van der Waals surface area contributed by atoms with Gasteiger partial charge in [0.2, 0.25) is 5.91 Å². The number of aliphatic hydroxyl groups excluding tert-OH is 2. The number of amides is 2. The standard InChI is InChI=1S/C24H34N4O6/c1-16(23(31)17(2)29)25-34-15-22(30)27(4)21(24(32)28-9-11-33-12-10-28)13-18-14-26(3)20-8-6-5-7-19(18)20/h5-8,14,17,21,23,29,31H,9-13,15H2,1-4H3/b25-16-. The highest BCUT2D eigenvalue weighted by Gasteiger charge is 2.32. The third kappa shape index (κ3) is 5.94. The Bertz CT molecular complexity index is 1030. The highest BCUT2D eigenvalue weighted by molar-refractivity contribution is 5.90. The summed E-state index contributed by atoms with van der Waals surface area (Å²) in [5.74, 6) is -0.564. The molecule has 0 saturated carbocycles. The smallest absolute Gasteiger partial charge is 0.263 e. The van der Waals surface area contributed by atoms with Crippen molar-refractivity contribution in [3.8, 4) is 0 Å². The number of aliphatic hydroxyl groups is 2. The second-order valence-electron chi connectivity index (χ2n) is 8.64. The summed E-state index contributed by atoms with van der Waals surface area (Å²) in [5.41, 5.74) is 2.18. The van der Waals surface area contributed by atoms with Gasteiger partial charge in [0, 0.05) is 50.7 Å². The quantitative estimate of drug-likeness (QED) is 0.405. The minimum atomic E-state index is -1.19. The summed E-state index contributed by atoms with van der Waals surface area (Å²) in [7, 11) is 3.54. The van der Waals surface area contributed by atoms with E-state index in [-0.39, 0.29) is 11.6 Å². The number of nitrogens with zero attached hydrogens (tertiary/aromatic N) is 4. The maximum Gasteiger partial charge on any atom is 0.263 e. The van der Waals surface area contributed by atoms with E-state index in [4.69, 9.17) is 9.57 Å². The summed E-state index contributed by atoms with van der Waals surface area (Å²) in [6, 6.07) is 7.22. The molecule has 2 aromatic rings. The highest BCUT2D eigenvalue weighted by Crippen LogP contribution is 2.23. The van der Waals surface area contributed by atoms with E-state index < -0.39 is 30.8 Å². The lowest BCUT2D eigenvalue weighted by molar-refractivity contribution is -0.149. The van der Waals surface area contributed by atoms with Crippen molar-refractivity contribution in [2.24, 2.45) is 12.2 Å². The van der Waals surface area contributed by atoms with Crippen LogP contribution in [0.1, 0.15) is 19.4 Å². The highest BCUT2D eigenvalue weighted by atomic mass is 16.6. The zero-order chi connectivity index (χ0) is 24.8. The number of carbonyl (C=O) groups excluding carboxylic acids is 2. The molecule has 0 spiro atoms. The molecule has 1 aliphatic rings. The van der Waals surface area contributed by atoms with Crippen LogP contribution in [0.25, 0.3) is 10.9 Å². The summed E-state index contributed by atoms with van der Waals surface area (Å²) in [6.07, 6.45) is 0.143. The summed E-state index contributed by atoms with van der Waals surface area (Å²) in [4.78, 5) is 34.7. The molecule has 1 saturated heterocycles. The number of morpholine rings is 1. The molecule has 0 bridgehead atoms. The number of oxime groups is 1. The molecule has 0 radical (unpaired) electrons. The second kappa shape index (κ2) is 11.5. The zero-order valence-electron chi connectivity index (χ0n) is 20.2. The molecular formula is C24H34N4O6. The first-order chi connectivity index (χ1) is 16.2. The first kappa shape index (κ1) is 25.7. The van der Waals surface area contributed by atoms with E-state index in [9.17, 15) is 19.8 Å². The lowest BCUT2D eigenvalue weighted by Crippen LogP contribution is -2.53. The van der Waals surface area contributed by atoms with Crippen molar-refractivity contribution in [1.29, 1.82) is 0 Å². The SMILES string of the molecule is C/C(=N/OCC(=O)N(C)C(Cc1cn(C)c2ccccc12)C(=O)N1CCOCC1)C(O)C(C)O. The molecule has 186 valence electrons. The molecule has 0 aliphatic carbocycles. The third-order valence-electron chi connectivity index (χ3n) is 6.14. The largest absolute Gasteiger partial charge is 0.390 e. The Morgan fingerprint density at radius 1 is 1.24 bits per heavy atom. The Kier molecular flexibility index (Phi) is 8.65. The van der Waals surface area contributed by atoms with E-state index in [1.54, 1.807) is 11.9 Å². The van der Waals surface area contributed by atoms with Crippen molar-refractivity contribution in [3.63, 3.8) is 0 Å². The normalized spacial score (nSPS) is 17.4. The van der Waals surface area contributed by atoms with Gasteiger partial charge in [-0.25, -0.2) is 0 Å². The average Bonchev–Trinajstić information content (AvgIpc) is 3.16. The lowest BCUT2D eigenvalue weighted by Gasteiger charge is -2.34. The molecule has 10 heteroatoms. The number of benzene rings is 1. The number of para-hydroxylation sites is 1. The topological polar surface area (TPSA) is 117 Å². The van der Waals surface area contributed by atoms with Gasteiger partial charge in [0.05, 0.1) is 25.0 Å². The van der Waals surface area contributed by atoms with Crippen LogP contribution in [0.3, 0.4) is 0 Å². The van der Waals surface area contributed by atoms with Gasteiger partial charge in [-0.05, 0) is 25.5 Å². The third-order valence-corrected chi connectivity index (χ3v) is 6.14. The number of carbonyl (C=O) groups is 2. The Hall–Kier alpha value is -2.95. The van der Waals surface area contributed by atoms with Crippen LogP contribution in [0.5, 0.6) is 0 Å². The van der Waals surface area contributed by atoms with Crippen LogP contribution in [-0.4, -0.2) is 100 Å². The number of hydrogen-bond donors (Lipinski definition) is 2. The average molecular weight is 475 g/mol. The van der Waals surface area contributed by atoms with Crippen LogP contribution in [0, 0.1) is 0 Å². The fraction of sp³-hybridized carbons (Fsp3) is 0.542. The van der Waals surface area contributed by atoms with Gasteiger partial charge in [0.15, 0.2) is 6.61 Å². The molecule has 1 fully saturated rings. The number of ether oxygens (including phenoxy) is 1. The molecule has 3 atom stereocenters. The van der Waals surface area contributed by atoms with Crippen LogP contribution in [0.15, 0.2) is 35.6 Å². The molecule has 3 rings (SSSR count). The van der Waals surface area contributed by atoms with E-state index in [1.807, 2.05) is 42.1 Å². The van der Waals surface area contributed by atoms with Crippen molar-refractivity contribution >= 4 is 28.4 Å². The van der Waals surface area contributed by atoms with Gasteiger partial charge in [-0.15, -0.1) is 0 Å². The Morgan fingerprint density at radius 2 is 1.91 bits per heavy atom. The number of hydrogen-bond acceptors (Lipinski definition) is 7. The minimum Gasteiger partial charge on any atom is -0.390 e. The fourth-order valence-corrected chi connectivity index (χ4v) is 4.05. The summed E-state index contributed by atoms with van der Waals surface area (Å²) < 4.78 is 7.39. The summed E-state index contributed by atoms with van der Waals surface area (Å²) in [5, 5.41) is 24.0. The van der Waals surface area contributed by atoms with Crippen molar-refractivity contribution in [1.82, 2.24) is 14.4 Å². The van der Waals surface area contributed by atoms with Crippen LogP contribution in [0.4, 0.5) is 0 Å². The first-order valence-corrected chi connectivity index (χ1v) is 11.4. The Labute approximate surface area is 199 Å². The molecular weight excluding hydrogens is 440 g/mol. The van der Waals surface area contributed by atoms with E-state index in [2.05, 4.69) is 5.16 Å². The van der Waals surface area contributed by atoms with E-state index in [1.165, 1.54) is 18.7 Å². The molecule has 2 amide bonds. The molecule has 3 unspecified atom stereocenters. The number of fused-ring (bicyclic) bond motifs is 1. The number of aryl methyl sites for hydroxylation is 1. The van der Waals surface area contributed by atoms with Gasteiger partial charge in [-0.1, -0.05) is 23.4 Å². The number of aromatic nitrogens is 1. The summed E-state index contributed by atoms with van der Waals surface area (Å²) in [6.45, 7) is 4.41. The molecule has 2 N–H and O–H groups in total. The first-order valence-electron chi connectivity index (χ1n) is 11.4. The molecule has 1 aliphatic heterocycles. The monoisotopic (exact) mass is 474 g/mol. The van der Waals surface area contributed by atoms with Gasteiger partial charge in [0.1, 0.15) is 12.1 Å². The van der Waals surface area contributed by atoms with Gasteiger partial charge >= 0.3 is 0 Å². The van der Waals surface area contributed by atoms with Crippen molar-refractivity contribution < 1.29 is 29.4 Å². The van der Waals surface area contributed by atoms with E-state index >= 15 is 0 Å². The van der Waals surface area contributed by atoms with Crippen LogP contribution in [0.2, 0.25) is 0 Å². The predicted molar refractivity (Wildman–Crippen MR) is 127 cm³/mol. The minimum absolute atomic E-state index is 0.142. The van der Waals surface area contributed by atoms with Crippen molar-refractivity contribution in [2.75, 3.05) is 40.0 Å². The molecule has 10 nitrogen and oxygen atoms in total. The van der Waals surface area contributed by atoms with Crippen molar-refractivity contribution in [3.05, 3.63) is 36.0 Å². The van der Waals surface area contributed by atoms with Gasteiger partial charge in [-0.3, -0.25) is 9.59 Å². The predicted octanol–water partition coefficient (Wildman–Crippen LogP) is 0.541. The van der Waals surface area contributed by atoms with Gasteiger partial charge in [-0.2, -0.15) is 0 Å². The van der Waals surface area contributed by atoms with Gasteiger partial charge in [0.25, 0.3) is 5.91 Å². The van der Waals surface area contributed by atoms with Crippen molar-refractivity contribution in [2.45, 2.75) is 38.5 Å². The van der Waals surface area contributed by atoms with E-state index in [0.29, 0.717) is 32.7 Å². The van der Waals surface area contributed by atoms with Crippen LogP contribution < -0.4 is 0 Å². The van der Waals surface area contributed by atoms with Crippen LogP contribution >= 0.6 is 0 Å². The Morgan fingerprint density at radius 3 is 2.59 bits per heavy atom. The molecule has 34 heavy (non-hydrogen) atoms. The maximum atomic E-state index is 13.5. The van der Waals surface area contributed by atoms with Gasteiger partial charge < -0.3 is 34.2 Å². The maximum absolute atomic E-state index is 13.5. The van der Waals surface area contributed by atoms with E-state index in [0.717, 1.165) is 16.5 Å². The number of rotatable bonds is 9.